The van der Waals surface area contributed by atoms with Gasteiger partial charge < -0.3 is 4.74 Å². The third kappa shape index (κ3) is 3.34. The molecule has 0 aliphatic heterocycles. The Morgan fingerprint density at radius 1 is 1.29 bits per heavy atom. The second-order valence-electron chi connectivity index (χ2n) is 4.23. The number of hydrazine groups is 1. The van der Waals surface area contributed by atoms with E-state index in [9.17, 15) is 17.6 Å². The average molecular weight is 320 g/mol. The molecule has 2 aromatic rings. The van der Waals surface area contributed by atoms with E-state index in [2.05, 4.69) is 5.43 Å². The molecular formula is C13H12F4N2OS. The Hall–Kier alpha value is -1.64. The van der Waals surface area contributed by atoms with Gasteiger partial charge >= 0.3 is 6.18 Å². The van der Waals surface area contributed by atoms with Crippen molar-refractivity contribution in [1.29, 1.82) is 0 Å². The highest BCUT2D eigenvalue weighted by molar-refractivity contribution is 7.10. The summed E-state index contributed by atoms with van der Waals surface area (Å²) < 4.78 is 56.6. The topological polar surface area (TPSA) is 47.3 Å². The van der Waals surface area contributed by atoms with Gasteiger partial charge in [0.1, 0.15) is 11.6 Å². The van der Waals surface area contributed by atoms with E-state index in [0.717, 1.165) is 12.1 Å². The molecule has 114 valence electrons. The molecular weight excluding hydrogens is 308 g/mol. The number of halogens is 4. The Labute approximate surface area is 122 Å². The number of nitrogens with one attached hydrogen (secondary N) is 1. The van der Waals surface area contributed by atoms with E-state index in [1.54, 1.807) is 11.4 Å². The molecule has 0 aliphatic carbocycles. The third-order valence-corrected chi connectivity index (χ3v) is 3.89. The molecule has 0 saturated carbocycles. The predicted octanol–water partition coefficient (Wildman–Crippen LogP) is 3.47. The van der Waals surface area contributed by atoms with Crippen molar-refractivity contribution in [2.24, 2.45) is 5.84 Å². The lowest BCUT2D eigenvalue weighted by Crippen LogP contribution is -2.28. The zero-order valence-corrected chi connectivity index (χ0v) is 11.7. The molecule has 0 saturated heterocycles. The van der Waals surface area contributed by atoms with E-state index in [0.29, 0.717) is 10.6 Å². The molecule has 0 fully saturated rings. The van der Waals surface area contributed by atoms with Gasteiger partial charge in [-0.05, 0) is 23.8 Å². The van der Waals surface area contributed by atoms with Gasteiger partial charge in [-0.25, -0.2) is 9.82 Å². The third-order valence-electron chi connectivity index (χ3n) is 2.91. The van der Waals surface area contributed by atoms with Gasteiger partial charge in [-0.2, -0.15) is 13.2 Å². The molecule has 1 aromatic heterocycles. The molecule has 3 nitrogen and oxygen atoms in total. The highest BCUT2D eigenvalue weighted by Crippen LogP contribution is 2.35. The molecule has 8 heteroatoms. The Bertz CT molecular complexity index is 627. The van der Waals surface area contributed by atoms with Gasteiger partial charge in [0.15, 0.2) is 0 Å². The van der Waals surface area contributed by atoms with Crippen LogP contribution in [0.5, 0.6) is 5.75 Å². The van der Waals surface area contributed by atoms with Crippen LogP contribution in [0.3, 0.4) is 0 Å². The summed E-state index contributed by atoms with van der Waals surface area (Å²) in [6, 6.07) is 3.78. The number of ether oxygens (including phenoxy) is 1. The van der Waals surface area contributed by atoms with Crippen LogP contribution in [0.2, 0.25) is 0 Å². The lowest BCUT2D eigenvalue weighted by molar-refractivity contribution is -0.140. The zero-order valence-electron chi connectivity index (χ0n) is 10.9. The quantitative estimate of drug-likeness (QED) is 0.515. The first-order valence-electron chi connectivity index (χ1n) is 5.82. The summed E-state index contributed by atoms with van der Waals surface area (Å²) in [7, 11) is 1.48. The number of benzene rings is 1. The Kier molecular flexibility index (Phi) is 4.50. The fourth-order valence-electron chi connectivity index (χ4n) is 1.88. The van der Waals surface area contributed by atoms with Gasteiger partial charge in [0, 0.05) is 10.3 Å². The maximum atomic E-state index is 13.3. The second-order valence-corrected chi connectivity index (χ2v) is 5.17. The van der Waals surface area contributed by atoms with Gasteiger partial charge in [0.2, 0.25) is 0 Å². The van der Waals surface area contributed by atoms with Crippen molar-refractivity contribution in [3.63, 3.8) is 0 Å². The highest BCUT2D eigenvalue weighted by Gasteiger charge is 2.34. The summed E-state index contributed by atoms with van der Waals surface area (Å²) in [5, 5.41) is 1.70. The second kappa shape index (κ2) is 6.00. The first kappa shape index (κ1) is 15.7. The molecule has 0 radical (unpaired) electrons. The Balaban J connectivity index is 2.43. The first-order chi connectivity index (χ1) is 9.86. The van der Waals surface area contributed by atoms with Crippen molar-refractivity contribution < 1.29 is 22.3 Å². The summed E-state index contributed by atoms with van der Waals surface area (Å²) in [5.74, 6) is 4.69. The van der Waals surface area contributed by atoms with Crippen LogP contribution in [0.1, 0.15) is 22.0 Å². The molecule has 1 heterocycles. The van der Waals surface area contributed by atoms with Crippen LogP contribution in [0.25, 0.3) is 0 Å². The molecule has 0 aliphatic rings. The molecule has 0 amide bonds. The molecule has 0 spiro atoms. The Morgan fingerprint density at radius 2 is 2.00 bits per heavy atom. The Morgan fingerprint density at radius 3 is 2.52 bits per heavy atom. The van der Waals surface area contributed by atoms with Crippen LogP contribution in [-0.4, -0.2) is 7.11 Å². The predicted molar refractivity (Wildman–Crippen MR) is 71.4 cm³/mol. The van der Waals surface area contributed by atoms with Gasteiger partial charge in [-0.3, -0.25) is 5.84 Å². The normalized spacial score (nSPS) is 13.2. The monoisotopic (exact) mass is 320 g/mol. The minimum Gasteiger partial charge on any atom is -0.496 e. The SMILES string of the molecule is COc1csc(C(NN)c2ccc(F)c(C(F)(F)F)c2)c1. The molecule has 3 N–H and O–H groups in total. The summed E-state index contributed by atoms with van der Waals surface area (Å²) in [4.78, 5) is 0.661. The standard InChI is InChI=1S/C13H12F4N2OS/c1-20-8-5-11(21-6-8)12(19-18)7-2-3-10(14)9(4-7)13(15,16)17/h2-6,12,19H,18H2,1H3. The molecule has 1 atom stereocenters. The number of rotatable bonds is 4. The van der Waals surface area contributed by atoms with Gasteiger partial charge in [0.05, 0.1) is 18.7 Å². The summed E-state index contributed by atoms with van der Waals surface area (Å²) in [6.45, 7) is 0. The van der Waals surface area contributed by atoms with E-state index < -0.39 is 23.6 Å². The van der Waals surface area contributed by atoms with Crippen LogP contribution in [0.4, 0.5) is 17.6 Å². The maximum absolute atomic E-state index is 13.3. The lowest BCUT2D eigenvalue weighted by atomic mass is 10.0. The van der Waals surface area contributed by atoms with E-state index in [1.165, 1.54) is 24.5 Å². The largest absolute Gasteiger partial charge is 0.496 e. The van der Waals surface area contributed by atoms with Gasteiger partial charge in [-0.15, -0.1) is 11.3 Å². The van der Waals surface area contributed by atoms with Crippen molar-refractivity contribution >= 4 is 11.3 Å². The smallest absolute Gasteiger partial charge is 0.419 e. The van der Waals surface area contributed by atoms with Crippen molar-refractivity contribution in [1.82, 2.24) is 5.43 Å². The summed E-state index contributed by atoms with van der Waals surface area (Å²) in [6.07, 6.45) is -4.76. The summed E-state index contributed by atoms with van der Waals surface area (Å²) in [5.41, 5.74) is 1.34. The number of alkyl halides is 3. The number of hydrogen-bond acceptors (Lipinski definition) is 4. The van der Waals surface area contributed by atoms with Gasteiger partial charge in [0.25, 0.3) is 0 Å². The molecule has 2 rings (SSSR count). The number of methoxy groups -OCH3 is 1. The fraction of sp³-hybridized carbons (Fsp3) is 0.231. The van der Waals surface area contributed by atoms with Crippen LogP contribution in [0.15, 0.2) is 29.6 Å². The van der Waals surface area contributed by atoms with E-state index in [4.69, 9.17) is 10.6 Å². The highest BCUT2D eigenvalue weighted by atomic mass is 32.1. The molecule has 1 unspecified atom stereocenters. The number of thiophene rings is 1. The van der Waals surface area contributed by atoms with Crippen molar-refractivity contribution in [3.8, 4) is 5.75 Å². The van der Waals surface area contributed by atoms with Crippen molar-refractivity contribution in [2.75, 3.05) is 7.11 Å². The lowest BCUT2D eigenvalue weighted by Gasteiger charge is -2.17. The van der Waals surface area contributed by atoms with Crippen LogP contribution < -0.4 is 16.0 Å². The van der Waals surface area contributed by atoms with Gasteiger partial charge in [-0.1, -0.05) is 6.07 Å². The molecule has 0 bridgehead atoms. The molecule has 21 heavy (non-hydrogen) atoms. The van der Waals surface area contributed by atoms with Crippen LogP contribution in [0, 0.1) is 5.82 Å². The van der Waals surface area contributed by atoms with Crippen LogP contribution >= 0.6 is 11.3 Å². The minimum atomic E-state index is -4.76. The van der Waals surface area contributed by atoms with E-state index in [1.807, 2.05) is 0 Å². The fourth-order valence-corrected chi connectivity index (χ4v) is 2.82. The summed E-state index contributed by atoms with van der Waals surface area (Å²) >= 11 is 1.28. The maximum Gasteiger partial charge on any atom is 0.419 e. The van der Waals surface area contributed by atoms with Crippen molar-refractivity contribution in [3.05, 3.63) is 51.5 Å². The number of nitrogens with two attached hydrogens (primary N) is 1. The average Bonchev–Trinajstić information content (AvgIpc) is 2.89. The van der Waals surface area contributed by atoms with Crippen LogP contribution in [-0.2, 0) is 6.18 Å². The zero-order chi connectivity index (χ0) is 15.6. The first-order valence-corrected chi connectivity index (χ1v) is 6.70. The van der Waals surface area contributed by atoms with Crippen molar-refractivity contribution in [2.45, 2.75) is 12.2 Å². The van der Waals surface area contributed by atoms with E-state index >= 15 is 0 Å². The number of hydrogen-bond donors (Lipinski definition) is 2. The molecule has 1 aromatic carbocycles. The van der Waals surface area contributed by atoms with E-state index in [-0.39, 0.29) is 5.56 Å². The minimum absolute atomic E-state index is 0.218.